The van der Waals surface area contributed by atoms with Crippen LogP contribution in [0.15, 0.2) is 47.1 Å². The van der Waals surface area contributed by atoms with Gasteiger partial charge in [0.05, 0.1) is 10.6 Å². The molecule has 0 saturated heterocycles. The maximum Gasteiger partial charge on any atom is 0.192 e. The summed E-state index contributed by atoms with van der Waals surface area (Å²) < 4.78 is 2.22. The number of thiophene rings is 1. The molecule has 0 atom stereocenters. The van der Waals surface area contributed by atoms with Crippen molar-refractivity contribution in [2.24, 2.45) is 0 Å². The smallest absolute Gasteiger partial charge is 0.192 e. The van der Waals surface area contributed by atoms with Gasteiger partial charge in [0, 0.05) is 28.7 Å². The van der Waals surface area contributed by atoms with Crippen molar-refractivity contribution in [2.75, 3.05) is 5.75 Å². The van der Waals surface area contributed by atoms with Crippen LogP contribution in [0.25, 0.3) is 21.6 Å². The van der Waals surface area contributed by atoms with E-state index < -0.39 is 0 Å². The first-order valence-electron chi connectivity index (χ1n) is 9.50. The molecule has 1 aliphatic rings. The van der Waals surface area contributed by atoms with E-state index in [2.05, 4.69) is 44.2 Å². The van der Waals surface area contributed by atoms with Gasteiger partial charge in [-0.05, 0) is 36.3 Å². The van der Waals surface area contributed by atoms with Crippen LogP contribution >= 0.6 is 23.1 Å². The lowest BCUT2D eigenvalue weighted by molar-refractivity contribution is 0.102. The lowest BCUT2D eigenvalue weighted by atomic mass is 10.1. The SMILES string of the molecule is CCc1cccc2c(C(=O)CSc3nnc(-c4cccs4)n3C3CC3)c[nH]c12. The van der Waals surface area contributed by atoms with Crippen molar-refractivity contribution >= 4 is 39.8 Å². The molecule has 1 saturated carbocycles. The Kier molecular flexibility index (Phi) is 4.56. The van der Waals surface area contributed by atoms with Crippen molar-refractivity contribution in [3.63, 3.8) is 0 Å². The first-order chi connectivity index (χ1) is 13.8. The summed E-state index contributed by atoms with van der Waals surface area (Å²) in [5, 5.41) is 12.7. The summed E-state index contributed by atoms with van der Waals surface area (Å²) in [5.41, 5.74) is 3.06. The number of nitrogens with one attached hydrogen (secondary N) is 1. The molecule has 28 heavy (non-hydrogen) atoms. The molecule has 1 aromatic carbocycles. The number of fused-ring (bicyclic) bond motifs is 1. The fourth-order valence-electron chi connectivity index (χ4n) is 3.56. The quantitative estimate of drug-likeness (QED) is 0.330. The summed E-state index contributed by atoms with van der Waals surface area (Å²) >= 11 is 3.16. The number of carbonyl (C=O) groups is 1. The molecular formula is C21H20N4OS2. The van der Waals surface area contributed by atoms with Crippen LogP contribution in [0.4, 0.5) is 0 Å². The Morgan fingerprint density at radius 1 is 1.29 bits per heavy atom. The molecule has 7 heteroatoms. The summed E-state index contributed by atoms with van der Waals surface area (Å²) in [4.78, 5) is 17.3. The average molecular weight is 409 g/mol. The monoisotopic (exact) mass is 408 g/mol. The number of carbonyl (C=O) groups excluding carboxylic acids is 1. The normalized spacial score (nSPS) is 14.0. The third-order valence-electron chi connectivity index (χ3n) is 5.13. The van der Waals surface area contributed by atoms with Crippen LogP contribution in [0.1, 0.15) is 41.7 Å². The Labute approximate surface area is 171 Å². The highest BCUT2D eigenvalue weighted by Gasteiger charge is 2.30. The molecule has 1 N–H and O–H groups in total. The van der Waals surface area contributed by atoms with Crippen LogP contribution < -0.4 is 0 Å². The lowest BCUT2D eigenvalue weighted by Gasteiger charge is -2.07. The van der Waals surface area contributed by atoms with E-state index in [1.54, 1.807) is 11.3 Å². The molecule has 0 amide bonds. The van der Waals surface area contributed by atoms with Gasteiger partial charge in [0.25, 0.3) is 0 Å². The first kappa shape index (κ1) is 17.7. The van der Waals surface area contributed by atoms with E-state index >= 15 is 0 Å². The topological polar surface area (TPSA) is 63.6 Å². The summed E-state index contributed by atoms with van der Waals surface area (Å²) in [7, 11) is 0. The molecule has 0 spiro atoms. The summed E-state index contributed by atoms with van der Waals surface area (Å²) in [6, 6.07) is 10.7. The molecule has 1 aliphatic carbocycles. The Bertz CT molecular complexity index is 1140. The van der Waals surface area contributed by atoms with Gasteiger partial charge in [-0.1, -0.05) is 43.0 Å². The molecule has 5 rings (SSSR count). The van der Waals surface area contributed by atoms with Gasteiger partial charge in [-0.15, -0.1) is 21.5 Å². The third kappa shape index (κ3) is 3.08. The molecule has 3 aromatic heterocycles. The van der Waals surface area contributed by atoms with Crippen LogP contribution in [0.2, 0.25) is 0 Å². The highest BCUT2D eigenvalue weighted by molar-refractivity contribution is 7.99. The largest absolute Gasteiger partial charge is 0.360 e. The summed E-state index contributed by atoms with van der Waals surface area (Å²) in [6.45, 7) is 2.13. The number of hydrogen-bond donors (Lipinski definition) is 1. The molecule has 142 valence electrons. The minimum absolute atomic E-state index is 0.118. The molecule has 0 aliphatic heterocycles. The molecule has 1 fully saturated rings. The van der Waals surface area contributed by atoms with E-state index in [0.717, 1.165) is 51.6 Å². The fourth-order valence-corrected chi connectivity index (χ4v) is 5.16. The number of aromatic nitrogens is 4. The minimum atomic E-state index is 0.118. The Balaban J connectivity index is 1.39. The van der Waals surface area contributed by atoms with Crippen LogP contribution in [-0.4, -0.2) is 31.3 Å². The van der Waals surface area contributed by atoms with E-state index in [9.17, 15) is 4.79 Å². The molecule has 3 heterocycles. The van der Waals surface area contributed by atoms with Gasteiger partial charge in [-0.2, -0.15) is 0 Å². The van der Waals surface area contributed by atoms with Gasteiger partial charge in [-0.25, -0.2) is 0 Å². The van der Waals surface area contributed by atoms with E-state index in [1.165, 1.54) is 17.3 Å². The summed E-state index contributed by atoms with van der Waals surface area (Å²) in [6.07, 6.45) is 5.09. The highest BCUT2D eigenvalue weighted by Crippen LogP contribution is 2.41. The number of benzene rings is 1. The predicted octanol–water partition coefficient (Wildman–Crippen LogP) is 5.36. The number of rotatable bonds is 7. The van der Waals surface area contributed by atoms with Gasteiger partial charge in [0.15, 0.2) is 16.8 Å². The van der Waals surface area contributed by atoms with E-state index in [-0.39, 0.29) is 5.78 Å². The zero-order chi connectivity index (χ0) is 19.1. The fraction of sp³-hybridized carbons (Fsp3) is 0.286. The Hall–Kier alpha value is -2.38. The molecule has 5 nitrogen and oxygen atoms in total. The molecule has 0 unspecified atom stereocenters. The molecule has 0 bridgehead atoms. The molecule has 0 radical (unpaired) electrons. The lowest BCUT2D eigenvalue weighted by Crippen LogP contribution is -2.04. The maximum absolute atomic E-state index is 12.9. The van der Waals surface area contributed by atoms with Crippen molar-refractivity contribution < 1.29 is 4.79 Å². The van der Waals surface area contributed by atoms with Crippen LogP contribution in [-0.2, 0) is 6.42 Å². The number of ketones is 1. The number of H-pyrrole nitrogens is 1. The standard InChI is InChI=1S/C21H20N4OS2/c1-2-13-5-3-6-15-16(11-22-19(13)15)17(26)12-28-21-24-23-20(18-7-4-10-27-18)25(21)14-8-9-14/h3-7,10-11,14,22H,2,8-9,12H2,1H3. The van der Waals surface area contributed by atoms with Crippen molar-refractivity contribution in [1.82, 2.24) is 19.7 Å². The maximum atomic E-state index is 12.9. The number of hydrogen-bond acceptors (Lipinski definition) is 5. The Morgan fingerprint density at radius 2 is 2.18 bits per heavy atom. The van der Waals surface area contributed by atoms with E-state index in [4.69, 9.17) is 0 Å². The number of aryl methyl sites for hydroxylation is 1. The van der Waals surface area contributed by atoms with Gasteiger partial charge >= 0.3 is 0 Å². The highest BCUT2D eigenvalue weighted by atomic mass is 32.2. The van der Waals surface area contributed by atoms with Crippen molar-refractivity contribution in [2.45, 2.75) is 37.4 Å². The second-order valence-electron chi connectivity index (χ2n) is 6.99. The van der Waals surface area contributed by atoms with Gasteiger partial charge in [0.2, 0.25) is 0 Å². The first-order valence-corrected chi connectivity index (χ1v) is 11.4. The number of nitrogens with zero attached hydrogens (tertiary/aromatic N) is 3. The van der Waals surface area contributed by atoms with Crippen molar-refractivity contribution in [3.05, 3.63) is 53.0 Å². The van der Waals surface area contributed by atoms with Gasteiger partial charge in [0.1, 0.15) is 0 Å². The van der Waals surface area contributed by atoms with Crippen molar-refractivity contribution in [1.29, 1.82) is 0 Å². The van der Waals surface area contributed by atoms with E-state index in [0.29, 0.717) is 11.8 Å². The second-order valence-corrected chi connectivity index (χ2v) is 8.88. The molecule has 4 aromatic rings. The summed E-state index contributed by atoms with van der Waals surface area (Å²) in [5.74, 6) is 1.40. The van der Waals surface area contributed by atoms with Gasteiger partial charge in [-0.3, -0.25) is 9.36 Å². The number of para-hydroxylation sites is 1. The average Bonchev–Trinajstić information content (AvgIpc) is 3.14. The van der Waals surface area contributed by atoms with E-state index in [1.807, 2.05) is 24.4 Å². The van der Waals surface area contributed by atoms with Crippen LogP contribution in [0.3, 0.4) is 0 Å². The predicted molar refractivity (Wildman–Crippen MR) is 114 cm³/mol. The van der Waals surface area contributed by atoms with Crippen LogP contribution in [0.5, 0.6) is 0 Å². The molecular weight excluding hydrogens is 388 g/mol. The number of Topliss-reactive ketones (excluding diaryl/α,β-unsaturated/α-hetero) is 1. The second kappa shape index (κ2) is 7.22. The van der Waals surface area contributed by atoms with Crippen molar-refractivity contribution in [3.8, 4) is 10.7 Å². The Morgan fingerprint density at radius 3 is 2.93 bits per heavy atom. The third-order valence-corrected chi connectivity index (χ3v) is 6.94. The minimum Gasteiger partial charge on any atom is -0.360 e. The number of aromatic amines is 1. The number of thioether (sulfide) groups is 1. The van der Waals surface area contributed by atoms with Gasteiger partial charge < -0.3 is 4.98 Å². The zero-order valence-electron chi connectivity index (χ0n) is 15.5. The zero-order valence-corrected chi connectivity index (χ0v) is 17.1. The van der Waals surface area contributed by atoms with Crippen LogP contribution in [0, 0.1) is 0 Å².